The lowest BCUT2D eigenvalue weighted by molar-refractivity contribution is -0.147. The van der Waals surface area contributed by atoms with Crippen LogP contribution in [0.25, 0.3) is 0 Å². The minimum Gasteiger partial charge on any atom is -0.462 e. The first kappa shape index (κ1) is 14.1. The number of rotatable bonds is 3. The van der Waals surface area contributed by atoms with Gasteiger partial charge in [-0.25, -0.2) is 0 Å². The summed E-state index contributed by atoms with van der Waals surface area (Å²) >= 11 is 0. The number of hydrogen-bond donors (Lipinski definition) is 0. The highest BCUT2D eigenvalue weighted by atomic mass is 28.4. The molecule has 104 valence electrons. The Labute approximate surface area is 111 Å². The molecule has 0 saturated heterocycles. The van der Waals surface area contributed by atoms with Gasteiger partial charge in [-0.1, -0.05) is 20.8 Å². The Bertz CT molecular complexity index is 345. The molecule has 3 nitrogen and oxygen atoms in total. The number of carbonyl (C=O) groups excluding carboxylic acids is 1. The zero-order chi connectivity index (χ0) is 13.7. The Hall–Kier alpha value is -0.353. The molecular formula is C14H26O3Si. The van der Waals surface area contributed by atoms with E-state index in [0.717, 1.165) is 6.42 Å². The average Bonchev–Trinajstić information content (AvgIpc) is 2.86. The molecule has 2 aliphatic carbocycles. The molecule has 0 aromatic heterocycles. The van der Waals surface area contributed by atoms with Crippen LogP contribution in [0.1, 0.15) is 40.5 Å². The van der Waals surface area contributed by atoms with Gasteiger partial charge in [0.1, 0.15) is 6.10 Å². The normalized spacial score (nSPS) is 35.2. The largest absolute Gasteiger partial charge is 0.462 e. The van der Waals surface area contributed by atoms with Crippen LogP contribution in [0.5, 0.6) is 0 Å². The van der Waals surface area contributed by atoms with E-state index in [1.165, 1.54) is 13.3 Å². The van der Waals surface area contributed by atoms with E-state index in [1.807, 2.05) is 0 Å². The van der Waals surface area contributed by atoms with Crippen LogP contribution in [0.2, 0.25) is 18.1 Å². The molecule has 0 spiro atoms. The minimum absolute atomic E-state index is 0.113. The molecule has 0 unspecified atom stereocenters. The van der Waals surface area contributed by atoms with Crippen LogP contribution >= 0.6 is 0 Å². The summed E-state index contributed by atoms with van der Waals surface area (Å²) in [5.41, 5.74) is 0. The molecule has 0 aromatic rings. The Kier molecular flexibility index (Phi) is 3.39. The van der Waals surface area contributed by atoms with Gasteiger partial charge < -0.3 is 9.16 Å². The number of ether oxygens (including phenoxy) is 1. The van der Waals surface area contributed by atoms with Crippen LogP contribution in [-0.4, -0.2) is 26.5 Å². The second kappa shape index (κ2) is 4.34. The molecule has 0 aromatic carbocycles. The molecule has 0 bridgehead atoms. The maximum absolute atomic E-state index is 11.1. The molecule has 2 aliphatic rings. The maximum atomic E-state index is 11.1. The summed E-state index contributed by atoms with van der Waals surface area (Å²) in [7, 11) is -1.70. The third-order valence-electron chi connectivity index (χ3n) is 4.88. The van der Waals surface area contributed by atoms with E-state index in [0.29, 0.717) is 17.9 Å². The lowest BCUT2D eigenvalue weighted by Gasteiger charge is -2.39. The highest BCUT2D eigenvalue weighted by Crippen LogP contribution is 2.55. The van der Waals surface area contributed by atoms with E-state index in [-0.39, 0.29) is 17.1 Å². The first-order valence-electron chi connectivity index (χ1n) is 6.97. The van der Waals surface area contributed by atoms with Gasteiger partial charge in [0.25, 0.3) is 0 Å². The molecule has 0 amide bonds. The summed E-state index contributed by atoms with van der Waals surface area (Å²) in [6.07, 6.45) is 2.51. The van der Waals surface area contributed by atoms with E-state index in [4.69, 9.17) is 9.16 Å². The fourth-order valence-electron chi connectivity index (χ4n) is 2.71. The van der Waals surface area contributed by atoms with Gasteiger partial charge in [-0.15, -0.1) is 0 Å². The van der Waals surface area contributed by atoms with E-state index in [9.17, 15) is 4.79 Å². The number of hydrogen-bond acceptors (Lipinski definition) is 3. The van der Waals surface area contributed by atoms with Crippen LogP contribution < -0.4 is 0 Å². The van der Waals surface area contributed by atoms with Crippen molar-refractivity contribution in [1.82, 2.24) is 0 Å². The SMILES string of the molecule is CC(=O)O[C@H]1C[C@@H](O[Si](C)(C)C(C)(C)C)[C@@H]2C[C@@H]21. The molecule has 0 aliphatic heterocycles. The van der Waals surface area contributed by atoms with Crippen LogP contribution in [-0.2, 0) is 14.0 Å². The van der Waals surface area contributed by atoms with Gasteiger partial charge in [0.15, 0.2) is 8.32 Å². The van der Waals surface area contributed by atoms with E-state index >= 15 is 0 Å². The highest BCUT2D eigenvalue weighted by Gasteiger charge is 2.58. The molecule has 0 heterocycles. The standard InChI is InChI=1S/C14H26O3Si/c1-9(15)16-12-8-13(11-7-10(11)12)17-18(5,6)14(2,3)4/h10-13H,7-8H2,1-6H3/t10-,11+,12-,13+/m0/s1. The van der Waals surface area contributed by atoms with Gasteiger partial charge in [-0.3, -0.25) is 4.79 Å². The average molecular weight is 270 g/mol. The van der Waals surface area contributed by atoms with Gasteiger partial charge in [0.2, 0.25) is 0 Å². The predicted molar refractivity (Wildman–Crippen MR) is 73.8 cm³/mol. The summed E-state index contributed by atoms with van der Waals surface area (Å²) in [4.78, 5) is 11.1. The molecule has 4 atom stereocenters. The second-order valence-corrected chi connectivity index (χ2v) is 12.1. The third kappa shape index (κ3) is 2.64. The summed E-state index contributed by atoms with van der Waals surface area (Å²) in [5.74, 6) is 1.06. The molecule has 2 saturated carbocycles. The van der Waals surface area contributed by atoms with Crippen molar-refractivity contribution in [2.45, 2.75) is 70.9 Å². The summed E-state index contributed by atoms with van der Waals surface area (Å²) in [6, 6.07) is 0. The zero-order valence-corrected chi connectivity index (χ0v) is 13.4. The van der Waals surface area contributed by atoms with E-state index in [1.54, 1.807) is 0 Å². The Morgan fingerprint density at radius 3 is 2.17 bits per heavy atom. The highest BCUT2D eigenvalue weighted by molar-refractivity contribution is 6.74. The first-order valence-corrected chi connectivity index (χ1v) is 9.88. The van der Waals surface area contributed by atoms with Crippen LogP contribution in [0.4, 0.5) is 0 Å². The van der Waals surface area contributed by atoms with Crippen molar-refractivity contribution in [3.63, 3.8) is 0 Å². The Morgan fingerprint density at radius 2 is 1.67 bits per heavy atom. The quantitative estimate of drug-likeness (QED) is 0.583. The minimum atomic E-state index is -1.70. The van der Waals surface area contributed by atoms with Crippen molar-refractivity contribution in [1.29, 1.82) is 0 Å². The summed E-state index contributed by atoms with van der Waals surface area (Å²) in [6.45, 7) is 12.9. The van der Waals surface area contributed by atoms with Gasteiger partial charge in [0, 0.05) is 19.3 Å². The number of fused-ring (bicyclic) bond motifs is 1. The molecule has 4 heteroatoms. The smallest absolute Gasteiger partial charge is 0.302 e. The lowest BCUT2D eigenvalue weighted by atomic mass is 10.2. The van der Waals surface area contributed by atoms with Crippen LogP contribution in [0, 0.1) is 11.8 Å². The number of esters is 1. The predicted octanol–water partition coefficient (Wildman–Crippen LogP) is 3.35. The molecule has 0 N–H and O–H groups in total. The lowest BCUT2D eigenvalue weighted by Crippen LogP contribution is -2.44. The number of carbonyl (C=O) groups is 1. The van der Waals surface area contributed by atoms with Crippen molar-refractivity contribution in [2.75, 3.05) is 0 Å². The second-order valence-electron chi connectivity index (χ2n) is 7.36. The first-order chi connectivity index (χ1) is 8.12. The van der Waals surface area contributed by atoms with Crippen molar-refractivity contribution < 1.29 is 14.0 Å². The molecule has 2 fully saturated rings. The van der Waals surface area contributed by atoms with Gasteiger partial charge in [-0.05, 0) is 30.5 Å². The van der Waals surface area contributed by atoms with Crippen molar-refractivity contribution in [3.8, 4) is 0 Å². The maximum Gasteiger partial charge on any atom is 0.302 e. The fraction of sp³-hybridized carbons (Fsp3) is 0.929. The van der Waals surface area contributed by atoms with E-state index in [2.05, 4.69) is 33.9 Å². The van der Waals surface area contributed by atoms with Crippen LogP contribution in [0.15, 0.2) is 0 Å². The van der Waals surface area contributed by atoms with Gasteiger partial charge in [0.05, 0.1) is 6.10 Å². The molecule has 0 radical (unpaired) electrons. The summed E-state index contributed by atoms with van der Waals surface area (Å²) in [5, 5.41) is 0.247. The molecular weight excluding hydrogens is 244 g/mol. The Balaban J connectivity index is 1.95. The van der Waals surface area contributed by atoms with Crippen molar-refractivity contribution in [2.24, 2.45) is 11.8 Å². The molecule has 2 rings (SSSR count). The van der Waals surface area contributed by atoms with Crippen molar-refractivity contribution >= 4 is 14.3 Å². The van der Waals surface area contributed by atoms with Gasteiger partial charge >= 0.3 is 5.97 Å². The Morgan fingerprint density at radius 1 is 1.11 bits per heavy atom. The van der Waals surface area contributed by atoms with Crippen LogP contribution in [0.3, 0.4) is 0 Å². The van der Waals surface area contributed by atoms with Crippen molar-refractivity contribution in [3.05, 3.63) is 0 Å². The van der Waals surface area contributed by atoms with E-state index < -0.39 is 8.32 Å². The van der Waals surface area contributed by atoms with Gasteiger partial charge in [-0.2, -0.15) is 0 Å². The third-order valence-corrected chi connectivity index (χ3v) is 9.38. The zero-order valence-electron chi connectivity index (χ0n) is 12.4. The fourth-order valence-corrected chi connectivity index (χ4v) is 4.09. The topological polar surface area (TPSA) is 35.5 Å². The summed E-state index contributed by atoms with van der Waals surface area (Å²) < 4.78 is 11.9. The molecule has 18 heavy (non-hydrogen) atoms. The monoisotopic (exact) mass is 270 g/mol.